The normalized spacial score (nSPS) is 11.3. The number of anilines is 2. The zero-order chi connectivity index (χ0) is 24.7. The van der Waals surface area contributed by atoms with Crippen LogP contribution in [0, 0.1) is 0 Å². The molecule has 0 aliphatic heterocycles. The fourth-order valence-corrected chi connectivity index (χ4v) is 3.91. The third-order valence-corrected chi connectivity index (χ3v) is 6.07. The molecule has 3 aromatic rings. The zero-order valence-electron chi connectivity index (χ0n) is 18.5. The second-order valence-electron chi connectivity index (χ2n) is 7.24. The van der Waals surface area contributed by atoms with Gasteiger partial charge in [-0.05, 0) is 55.5 Å². The number of hydrogen-bond donors (Lipinski definition) is 2. The summed E-state index contributed by atoms with van der Waals surface area (Å²) in [5.41, 5.74) is 1.70. The first-order chi connectivity index (χ1) is 16.2. The van der Waals surface area contributed by atoms with Crippen LogP contribution in [0.4, 0.5) is 11.4 Å². The van der Waals surface area contributed by atoms with Gasteiger partial charge in [0.25, 0.3) is 5.91 Å². The van der Waals surface area contributed by atoms with Crippen LogP contribution in [0.1, 0.15) is 22.8 Å². The van der Waals surface area contributed by atoms with Crippen LogP contribution in [0.5, 0.6) is 5.75 Å². The van der Waals surface area contributed by atoms with Gasteiger partial charge in [-0.3, -0.25) is 9.59 Å². The van der Waals surface area contributed by atoms with Crippen molar-refractivity contribution in [1.82, 2.24) is 0 Å². The average Bonchev–Trinajstić information content (AvgIpc) is 2.80. The van der Waals surface area contributed by atoms with E-state index >= 15 is 0 Å². The van der Waals surface area contributed by atoms with E-state index in [1.54, 1.807) is 18.2 Å². The SMILES string of the molecule is CCOc1ccccc1/C=C/C(=O)Nc1ccc(NC(=O)c2cccc(S(C)(=O)=O)c2)c(Cl)c1. The molecule has 34 heavy (non-hydrogen) atoms. The Balaban J connectivity index is 1.67. The number of amides is 2. The minimum atomic E-state index is -3.44. The Morgan fingerprint density at radius 2 is 1.76 bits per heavy atom. The molecular formula is C25H23ClN2O5S. The number of benzene rings is 3. The minimum absolute atomic E-state index is 0.0428. The first-order valence-corrected chi connectivity index (χ1v) is 12.6. The Labute approximate surface area is 203 Å². The Morgan fingerprint density at radius 1 is 1.00 bits per heavy atom. The van der Waals surface area contributed by atoms with Crippen molar-refractivity contribution in [2.24, 2.45) is 0 Å². The monoisotopic (exact) mass is 498 g/mol. The number of carbonyl (C=O) groups excluding carboxylic acids is 2. The van der Waals surface area contributed by atoms with Gasteiger partial charge in [0, 0.05) is 29.1 Å². The summed E-state index contributed by atoms with van der Waals surface area (Å²) in [4.78, 5) is 24.9. The topological polar surface area (TPSA) is 102 Å². The van der Waals surface area contributed by atoms with Crippen molar-refractivity contribution in [3.05, 3.63) is 89.0 Å². The maximum atomic E-state index is 12.5. The molecular weight excluding hydrogens is 476 g/mol. The Hall–Kier alpha value is -3.62. The van der Waals surface area contributed by atoms with Crippen molar-refractivity contribution < 1.29 is 22.7 Å². The highest BCUT2D eigenvalue weighted by Crippen LogP contribution is 2.26. The average molecular weight is 499 g/mol. The predicted molar refractivity (Wildman–Crippen MR) is 134 cm³/mol. The van der Waals surface area contributed by atoms with Gasteiger partial charge in [0.05, 0.1) is 22.2 Å². The van der Waals surface area contributed by atoms with Crippen molar-refractivity contribution in [2.75, 3.05) is 23.5 Å². The quantitative estimate of drug-likeness (QED) is 0.423. The summed E-state index contributed by atoms with van der Waals surface area (Å²) in [6, 6.07) is 17.7. The maximum Gasteiger partial charge on any atom is 0.255 e. The van der Waals surface area contributed by atoms with Crippen LogP contribution in [0.2, 0.25) is 5.02 Å². The summed E-state index contributed by atoms with van der Waals surface area (Å²) < 4.78 is 29.0. The van der Waals surface area contributed by atoms with Crippen LogP contribution in [0.15, 0.2) is 77.7 Å². The molecule has 0 aliphatic carbocycles. The number of nitrogens with one attached hydrogen (secondary N) is 2. The summed E-state index contributed by atoms with van der Waals surface area (Å²) in [6.07, 6.45) is 4.11. The Kier molecular flexibility index (Phi) is 8.09. The summed E-state index contributed by atoms with van der Waals surface area (Å²) in [5, 5.41) is 5.56. The molecule has 2 amide bonds. The summed E-state index contributed by atoms with van der Waals surface area (Å²) >= 11 is 6.28. The number of halogens is 1. The van der Waals surface area contributed by atoms with Gasteiger partial charge in [0.1, 0.15) is 5.75 Å². The second-order valence-corrected chi connectivity index (χ2v) is 9.67. The first kappa shape index (κ1) is 25.0. The van der Waals surface area contributed by atoms with Gasteiger partial charge in [-0.2, -0.15) is 0 Å². The van der Waals surface area contributed by atoms with Crippen LogP contribution in [0.25, 0.3) is 6.08 Å². The standard InChI is InChI=1S/C25H23ClN2O5S/c1-3-33-23-10-5-4-7-17(23)11-14-24(29)27-19-12-13-22(21(26)16-19)28-25(30)18-8-6-9-20(15-18)34(2,31)32/h4-16H,3H2,1-2H3,(H,27,29)(H,28,30)/b14-11+. The zero-order valence-corrected chi connectivity index (χ0v) is 20.1. The number of carbonyl (C=O) groups is 2. The van der Waals surface area contributed by atoms with Crippen molar-refractivity contribution in [2.45, 2.75) is 11.8 Å². The molecule has 176 valence electrons. The molecule has 0 unspecified atom stereocenters. The third-order valence-electron chi connectivity index (χ3n) is 4.64. The van der Waals surface area contributed by atoms with Gasteiger partial charge >= 0.3 is 0 Å². The highest BCUT2D eigenvalue weighted by Gasteiger charge is 2.13. The van der Waals surface area contributed by atoms with Crippen LogP contribution in [-0.4, -0.2) is 33.1 Å². The smallest absolute Gasteiger partial charge is 0.255 e. The van der Waals surface area contributed by atoms with E-state index in [-0.39, 0.29) is 21.4 Å². The van der Waals surface area contributed by atoms with E-state index in [1.807, 2.05) is 31.2 Å². The molecule has 9 heteroatoms. The van der Waals surface area contributed by atoms with Gasteiger partial charge in [-0.1, -0.05) is 35.9 Å². The van der Waals surface area contributed by atoms with E-state index in [0.29, 0.717) is 23.7 Å². The van der Waals surface area contributed by atoms with Crippen molar-refractivity contribution >= 4 is 50.7 Å². The molecule has 7 nitrogen and oxygen atoms in total. The lowest BCUT2D eigenvalue weighted by Crippen LogP contribution is -2.13. The largest absolute Gasteiger partial charge is 0.493 e. The molecule has 0 spiro atoms. The maximum absolute atomic E-state index is 12.5. The minimum Gasteiger partial charge on any atom is -0.493 e. The summed E-state index contributed by atoms with van der Waals surface area (Å²) in [5.74, 6) is -0.198. The lowest BCUT2D eigenvalue weighted by atomic mass is 10.2. The molecule has 3 rings (SSSR count). The molecule has 2 N–H and O–H groups in total. The van der Waals surface area contributed by atoms with E-state index in [0.717, 1.165) is 11.8 Å². The van der Waals surface area contributed by atoms with E-state index < -0.39 is 15.7 Å². The Morgan fingerprint density at radius 3 is 2.47 bits per heavy atom. The molecule has 0 atom stereocenters. The third kappa shape index (κ3) is 6.69. The summed E-state index contributed by atoms with van der Waals surface area (Å²) in [7, 11) is -3.44. The molecule has 0 aromatic heterocycles. The van der Waals surface area contributed by atoms with Crippen LogP contribution in [-0.2, 0) is 14.6 Å². The lowest BCUT2D eigenvalue weighted by Gasteiger charge is -2.10. The van der Waals surface area contributed by atoms with Crippen LogP contribution >= 0.6 is 11.6 Å². The number of ether oxygens (including phenoxy) is 1. The molecule has 0 heterocycles. The van der Waals surface area contributed by atoms with Gasteiger partial charge in [-0.15, -0.1) is 0 Å². The van der Waals surface area contributed by atoms with Crippen LogP contribution < -0.4 is 15.4 Å². The van der Waals surface area contributed by atoms with Gasteiger partial charge in [0.15, 0.2) is 9.84 Å². The molecule has 0 saturated carbocycles. The highest BCUT2D eigenvalue weighted by molar-refractivity contribution is 7.90. The van der Waals surface area contributed by atoms with E-state index in [1.165, 1.54) is 36.4 Å². The molecule has 0 aliphatic rings. The highest BCUT2D eigenvalue weighted by atomic mass is 35.5. The van der Waals surface area contributed by atoms with E-state index in [4.69, 9.17) is 16.3 Å². The predicted octanol–water partition coefficient (Wildman–Crippen LogP) is 5.05. The molecule has 0 fully saturated rings. The van der Waals surface area contributed by atoms with Crippen molar-refractivity contribution in [3.63, 3.8) is 0 Å². The molecule has 3 aromatic carbocycles. The number of rotatable bonds is 8. The van der Waals surface area contributed by atoms with Crippen LogP contribution in [0.3, 0.4) is 0 Å². The van der Waals surface area contributed by atoms with Gasteiger partial charge in [-0.25, -0.2) is 8.42 Å². The van der Waals surface area contributed by atoms with E-state index in [9.17, 15) is 18.0 Å². The Bertz CT molecular complexity index is 1350. The fourth-order valence-electron chi connectivity index (χ4n) is 3.01. The lowest BCUT2D eigenvalue weighted by molar-refractivity contribution is -0.111. The van der Waals surface area contributed by atoms with Gasteiger partial charge in [0.2, 0.25) is 5.91 Å². The van der Waals surface area contributed by atoms with Gasteiger partial charge < -0.3 is 15.4 Å². The molecule has 0 radical (unpaired) electrons. The number of para-hydroxylation sites is 1. The second kappa shape index (κ2) is 11.0. The fraction of sp³-hybridized carbons (Fsp3) is 0.120. The molecule has 0 saturated heterocycles. The molecule has 0 bridgehead atoms. The van der Waals surface area contributed by atoms with E-state index in [2.05, 4.69) is 10.6 Å². The summed E-state index contributed by atoms with van der Waals surface area (Å²) in [6.45, 7) is 2.40. The van der Waals surface area contributed by atoms with Crippen molar-refractivity contribution in [3.8, 4) is 5.75 Å². The first-order valence-electron chi connectivity index (χ1n) is 10.3. The van der Waals surface area contributed by atoms with Crippen molar-refractivity contribution in [1.29, 1.82) is 0 Å². The number of hydrogen-bond acceptors (Lipinski definition) is 5. The number of sulfone groups is 1.